The van der Waals surface area contributed by atoms with Gasteiger partial charge in [-0.05, 0) is 66.6 Å². The van der Waals surface area contributed by atoms with Gasteiger partial charge in [0.15, 0.2) is 0 Å². The third-order valence-corrected chi connectivity index (χ3v) is 4.18. The average Bonchev–Trinajstić information content (AvgIpc) is 2.77. The van der Waals surface area contributed by atoms with Crippen molar-refractivity contribution in [3.8, 4) is 11.5 Å². The Morgan fingerprint density at radius 2 is 1.43 bits per heavy atom. The van der Waals surface area contributed by atoms with Gasteiger partial charge in [0.2, 0.25) is 5.91 Å². The van der Waals surface area contributed by atoms with Crippen LogP contribution in [-0.2, 0) is 11.4 Å². The van der Waals surface area contributed by atoms with Crippen LogP contribution in [0, 0.1) is 0 Å². The maximum atomic E-state index is 12.2. The quantitative estimate of drug-likeness (QED) is 0.454. The standard InChI is InChI=1S/C25H26N2O3/c1-19(2)17-29-23-14-10-22(11-15-23)27-25(28)16-26-21-8-12-24(13-9-21)30-18-20-6-4-3-5-7-20/h3-15,26H,1,16-18H2,2H3,(H,27,28). The van der Waals surface area contributed by atoms with Crippen molar-refractivity contribution in [2.75, 3.05) is 23.8 Å². The summed E-state index contributed by atoms with van der Waals surface area (Å²) in [4.78, 5) is 12.2. The van der Waals surface area contributed by atoms with E-state index < -0.39 is 0 Å². The molecule has 3 aromatic carbocycles. The largest absolute Gasteiger partial charge is 0.489 e. The predicted molar refractivity (Wildman–Crippen MR) is 121 cm³/mol. The van der Waals surface area contributed by atoms with Gasteiger partial charge in [-0.15, -0.1) is 0 Å². The average molecular weight is 402 g/mol. The maximum Gasteiger partial charge on any atom is 0.243 e. The molecular formula is C25H26N2O3. The first kappa shape index (κ1) is 21.0. The van der Waals surface area contributed by atoms with Crippen molar-refractivity contribution < 1.29 is 14.3 Å². The maximum absolute atomic E-state index is 12.2. The fourth-order valence-corrected chi connectivity index (χ4v) is 2.64. The lowest BCUT2D eigenvalue weighted by molar-refractivity contribution is -0.114. The molecule has 0 saturated heterocycles. The van der Waals surface area contributed by atoms with Gasteiger partial charge in [0.1, 0.15) is 24.7 Å². The molecule has 0 atom stereocenters. The summed E-state index contributed by atoms with van der Waals surface area (Å²) in [5, 5.41) is 5.96. The van der Waals surface area contributed by atoms with E-state index in [0.717, 1.165) is 28.3 Å². The molecule has 0 aliphatic heterocycles. The monoisotopic (exact) mass is 402 g/mol. The summed E-state index contributed by atoms with van der Waals surface area (Å²) in [5.74, 6) is 1.39. The van der Waals surface area contributed by atoms with Crippen LogP contribution >= 0.6 is 0 Å². The Morgan fingerprint density at radius 1 is 0.833 bits per heavy atom. The summed E-state index contributed by atoms with van der Waals surface area (Å²) in [6, 6.07) is 24.8. The van der Waals surface area contributed by atoms with E-state index in [4.69, 9.17) is 9.47 Å². The molecule has 154 valence electrons. The summed E-state index contributed by atoms with van der Waals surface area (Å²) >= 11 is 0. The topological polar surface area (TPSA) is 59.6 Å². The molecule has 0 heterocycles. The summed E-state index contributed by atoms with van der Waals surface area (Å²) < 4.78 is 11.3. The minimum Gasteiger partial charge on any atom is -0.489 e. The summed E-state index contributed by atoms with van der Waals surface area (Å²) in [6.45, 7) is 6.88. The Bertz CT molecular complexity index is 952. The van der Waals surface area contributed by atoms with Crippen molar-refractivity contribution in [3.63, 3.8) is 0 Å². The third-order valence-electron chi connectivity index (χ3n) is 4.18. The molecule has 0 aliphatic rings. The molecule has 5 heteroatoms. The Hall–Kier alpha value is -3.73. The van der Waals surface area contributed by atoms with E-state index >= 15 is 0 Å². The lowest BCUT2D eigenvalue weighted by Gasteiger charge is -2.10. The first-order valence-electron chi connectivity index (χ1n) is 9.76. The second-order valence-corrected chi connectivity index (χ2v) is 6.97. The van der Waals surface area contributed by atoms with Gasteiger partial charge in [-0.1, -0.05) is 36.9 Å². The van der Waals surface area contributed by atoms with Gasteiger partial charge in [-0.2, -0.15) is 0 Å². The van der Waals surface area contributed by atoms with Crippen molar-refractivity contribution in [1.29, 1.82) is 0 Å². The van der Waals surface area contributed by atoms with Crippen LogP contribution in [0.4, 0.5) is 11.4 Å². The minimum absolute atomic E-state index is 0.130. The Labute approximate surface area is 177 Å². The fraction of sp³-hybridized carbons (Fsp3) is 0.160. The second kappa shape index (κ2) is 10.7. The summed E-state index contributed by atoms with van der Waals surface area (Å²) in [6.07, 6.45) is 0. The molecule has 5 nitrogen and oxygen atoms in total. The molecule has 0 aliphatic carbocycles. The third kappa shape index (κ3) is 7.02. The number of hydrogen-bond donors (Lipinski definition) is 2. The molecule has 0 saturated carbocycles. The van der Waals surface area contributed by atoms with Crippen molar-refractivity contribution >= 4 is 17.3 Å². The molecular weight excluding hydrogens is 376 g/mol. The number of rotatable bonds is 10. The lowest BCUT2D eigenvalue weighted by atomic mass is 10.2. The van der Waals surface area contributed by atoms with Crippen LogP contribution in [0.25, 0.3) is 0 Å². The minimum atomic E-state index is -0.130. The number of anilines is 2. The van der Waals surface area contributed by atoms with Crippen molar-refractivity contribution in [2.24, 2.45) is 0 Å². The lowest BCUT2D eigenvalue weighted by Crippen LogP contribution is -2.21. The Kier molecular flexibility index (Phi) is 7.50. The van der Waals surface area contributed by atoms with E-state index in [1.807, 2.05) is 85.8 Å². The van der Waals surface area contributed by atoms with Crippen LogP contribution in [0.2, 0.25) is 0 Å². The number of nitrogens with one attached hydrogen (secondary N) is 2. The van der Waals surface area contributed by atoms with Crippen LogP contribution in [0.5, 0.6) is 11.5 Å². The van der Waals surface area contributed by atoms with Gasteiger partial charge in [0, 0.05) is 11.4 Å². The Morgan fingerprint density at radius 3 is 2.07 bits per heavy atom. The number of amides is 1. The van der Waals surface area contributed by atoms with Crippen LogP contribution in [0.15, 0.2) is 91.0 Å². The molecule has 30 heavy (non-hydrogen) atoms. The molecule has 0 aromatic heterocycles. The SMILES string of the molecule is C=C(C)COc1ccc(NC(=O)CNc2ccc(OCc3ccccc3)cc2)cc1. The zero-order valence-corrected chi connectivity index (χ0v) is 17.1. The van der Waals surface area contributed by atoms with Crippen LogP contribution in [0.3, 0.4) is 0 Å². The number of carbonyl (C=O) groups is 1. The summed E-state index contributed by atoms with van der Waals surface area (Å²) in [7, 11) is 0. The van der Waals surface area contributed by atoms with Gasteiger partial charge in [-0.25, -0.2) is 0 Å². The molecule has 0 bridgehead atoms. The zero-order chi connectivity index (χ0) is 21.2. The molecule has 3 rings (SSSR count). The first-order chi connectivity index (χ1) is 14.6. The van der Waals surface area contributed by atoms with Gasteiger partial charge in [0.25, 0.3) is 0 Å². The van der Waals surface area contributed by atoms with Crippen LogP contribution in [-0.4, -0.2) is 19.1 Å². The van der Waals surface area contributed by atoms with Crippen molar-refractivity contribution in [2.45, 2.75) is 13.5 Å². The highest BCUT2D eigenvalue weighted by atomic mass is 16.5. The van der Waals surface area contributed by atoms with Crippen LogP contribution in [0.1, 0.15) is 12.5 Å². The number of benzene rings is 3. The van der Waals surface area contributed by atoms with Crippen molar-refractivity contribution in [3.05, 3.63) is 96.6 Å². The van der Waals surface area contributed by atoms with Crippen molar-refractivity contribution in [1.82, 2.24) is 0 Å². The molecule has 0 fully saturated rings. The molecule has 3 aromatic rings. The van der Waals surface area contributed by atoms with E-state index in [2.05, 4.69) is 17.2 Å². The van der Waals surface area contributed by atoms with E-state index in [0.29, 0.717) is 18.9 Å². The van der Waals surface area contributed by atoms with E-state index in [1.54, 1.807) is 0 Å². The van der Waals surface area contributed by atoms with Gasteiger partial charge in [-0.3, -0.25) is 4.79 Å². The molecule has 0 spiro atoms. The highest BCUT2D eigenvalue weighted by Crippen LogP contribution is 2.18. The number of ether oxygens (including phenoxy) is 2. The molecule has 0 unspecified atom stereocenters. The van der Waals surface area contributed by atoms with E-state index in [1.165, 1.54) is 0 Å². The number of hydrogen-bond acceptors (Lipinski definition) is 4. The molecule has 1 amide bonds. The van der Waals surface area contributed by atoms with Crippen LogP contribution < -0.4 is 20.1 Å². The summed E-state index contributed by atoms with van der Waals surface area (Å²) in [5.41, 5.74) is 3.64. The van der Waals surface area contributed by atoms with Gasteiger partial charge < -0.3 is 20.1 Å². The Balaban J connectivity index is 1.41. The predicted octanol–water partition coefficient (Wildman–Crippen LogP) is 5.27. The van der Waals surface area contributed by atoms with E-state index in [-0.39, 0.29) is 12.5 Å². The smallest absolute Gasteiger partial charge is 0.243 e. The van der Waals surface area contributed by atoms with Gasteiger partial charge >= 0.3 is 0 Å². The highest BCUT2D eigenvalue weighted by molar-refractivity contribution is 5.93. The van der Waals surface area contributed by atoms with Gasteiger partial charge in [0.05, 0.1) is 6.54 Å². The van der Waals surface area contributed by atoms with E-state index in [9.17, 15) is 4.79 Å². The normalized spacial score (nSPS) is 10.2. The first-order valence-corrected chi connectivity index (χ1v) is 9.76. The number of carbonyl (C=O) groups excluding carboxylic acids is 1. The fourth-order valence-electron chi connectivity index (χ4n) is 2.64. The molecule has 2 N–H and O–H groups in total. The molecule has 0 radical (unpaired) electrons. The zero-order valence-electron chi connectivity index (χ0n) is 17.1. The second-order valence-electron chi connectivity index (χ2n) is 6.97. The highest BCUT2D eigenvalue weighted by Gasteiger charge is 2.04.